The third-order valence-electron chi connectivity index (χ3n) is 3.69. The van der Waals surface area contributed by atoms with Gasteiger partial charge in [-0.05, 0) is 30.3 Å². The van der Waals surface area contributed by atoms with Crippen LogP contribution in [0.25, 0.3) is 10.6 Å². The molecule has 0 amide bonds. The van der Waals surface area contributed by atoms with Crippen LogP contribution in [0.5, 0.6) is 11.5 Å². The molecular formula is C19H15Cl2NO4S. The molecule has 0 fully saturated rings. The molecule has 3 aromatic rings. The number of rotatable bonds is 6. The first-order valence-corrected chi connectivity index (χ1v) is 9.45. The molecule has 0 aliphatic heterocycles. The predicted octanol–water partition coefficient (Wildman–Crippen LogP) is 5.49. The smallest absolute Gasteiger partial charge is 0.340 e. The number of thiazole rings is 1. The van der Waals surface area contributed by atoms with Gasteiger partial charge >= 0.3 is 5.97 Å². The summed E-state index contributed by atoms with van der Waals surface area (Å²) in [4.78, 5) is 16.7. The summed E-state index contributed by atoms with van der Waals surface area (Å²) in [6.07, 6.45) is 0. The minimum Gasteiger partial charge on any atom is -0.493 e. The Morgan fingerprint density at radius 3 is 2.67 bits per heavy atom. The number of hydrogen-bond acceptors (Lipinski definition) is 6. The first-order chi connectivity index (χ1) is 13.0. The van der Waals surface area contributed by atoms with Crippen molar-refractivity contribution in [1.82, 2.24) is 4.98 Å². The molecule has 0 aliphatic rings. The van der Waals surface area contributed by atoms with E-state index < -0.39 is 5.97 Å². The lowest BCUT2D eigenvalue weighted by Crippen LogP contribution is -2.06. The fourth-order valence-corrected chi connectivity index (χ4v) is 3.74. The highest BCUT2D eigenvalue weighted by Crippen LogP contribution is 2.39. The molecule has 27 heavy (non-hydrogen) atoms. The number of para-hydroxylation sites is 1. The Morgan fingerprint density at radius 2 is 1.96 bits per heavy atom. The Kier molecular flexibility index (Phi) is 6.21. The zero-order valence-electron chi connectivity index (χ0n) is 14.5. The second-order valence-corrected chi connectivity index (χ2v) is 7.09. The zero-order chi connectivity index (χ0) is 19.4. The normalized spacial score (nSPS) is 10.5. The van der Waals surface area contributed by atoms with Gasteiger partial charge in [0.2, 0.25) is 0 Å². The number of aromatic nitrogens is 1. The van der Waals surface area contributed by atoms with Crippen molar-refractivity contribution in [1.29, 1.82) is 0 Å². The molecule has 0 atom stereocenters. The van der Waals surface area contributed by atoms with Gasteiger partial charge in [0.25, 0.3) is 0 Å². The highest BCUT2D eigenvalue weighted by atomic mass is 35.5. The lowest BCUT2D eigenvalue weighted by molar-refractivity contribution is 0.0468. The van der Waals surface area contributed by atoms with Crippen molar-refractivity contribution in [3.63, 3.8) is 0 Å². The standard InChI is InChI=1S/C19H15Cl2NO4S/c1-24-16-5-3-4-14(17(16)25-2)18-22-12(10-27-18)9-26-19(23)13-7-6-11(20)8-15(13)21/h3-8,10H,9H2,1-2H3. The van der Waals surface area contributed by atoms with Gasteiger partial charge in [-0.1, -0.05) is 29.3 Å². The van der Waals surface area contributed by atoms with Gasteiger partial charge in [-0.2, -0.15) is 0 Å². The molecule has 1 aromatic heterocycles. The molecule has 0 saturated heterocycles. The van der Waals surface area contributed by atoms with Crippen LogP contribution in [0, 0.1) is 0 Å². The fraction of sp³-hybridized carbons (Fsp3) is 0.158. The van der Waals surface area contributed by atoms with Gasteiger partial charge in [0.1, 0.15) is 11.6 Å². The average molecular weight is 424 g/mol. The molecule has 8 heteroatoms. The van der Waals surface area contributed by atoms with Crippen molar-refractivity contribution in [3.8, 4) is 22.1 Å². The number of hydrogen-bond donors (Lipinski definition) is 0. The summed E-state index contributed by atoms with van der Waals surface area (Å²) in [5.74, 6) is 0.687. The maximum Gasteiger partial charge on any atom is 0.340 e. The number of benzene rings is 2. The van der Waals surface area contributed by atoms with Crippen LogP contribution < -0.4 is 9.47 Å². The van der Waals surface area contributed by atoms with Crippen LogP contribution in [0.1, 0.15) is 16.1 Å². The Hall–Kier alpha value is -2.28. The zero-order valence-corrected chi connectivity index (χ0v) is 16.8. The van der Waals surface area contributed by atoms with Crippen LogP contribution in [0.4, 0.5) is 0 Å². The Balaban J connectivity index is 1.74. The average Bonchev–Trinajstić information content (AvgIpc) is 3.14. The Bertz CT molecular complexity index is 974. The van der Waals surface area contributed by atoms with Crippen molar-refractivity contribution in [2.75, 3.05) is 14.2 Å². The van der Waals surface area contributed by atoms with Crippen molar-refractivity contribution >= 4 is 40.5 Å². The van der Waals surface area contributed by atoms with Crippen molar-refractivity contribution in [2.45, 2.75) is 6.61 Å². The molecule has 5 nitrogen and oxygen atoms in total. The number of methoxy groups -OCH3 is 2. The molecule has 2 aromatic carbocycles. The molecule has 0 N–H and O–H groups in total. The number of nitrogens with zero attached hydrogens (tertiary/aromatic N) is 1. The van der Waals surface area contributed by atoms with Crippen LogP contribution in [0.2, 0.25) is 10.0 Å². The molecule has 0 unspecified atom stereocenters. The van der Waals surface area contributed by atoms with E-state index in [0.29, 0.717) is 22.2 Å². The molecule has 0 bridgehead atoms. The SMILES string of the molecule is COc1cccc(-c2nc(COC(=O)c3ccc(Cl)cc3Cl)cs2)c1OC. The van der Waals surface area contributed by atoms with Crippen LogP contribution >= 0.6 is 34.5 Å². The van der Waals surface area contributed by atoms with Gasteiger partial charge in [-0.15, -0.1) is 11.3 Å². The van der Waals surface area contributed by atoms with E-state index in [-0.39, 0.29) is 17.2 Å². The maximum absolute atomic E-state index is 12.2. The van der Waals surface area contributed by atoms with E-state index >= 15 is 0 Å². The molecular weight excluding hydrogens is 409 g/mol. The maximum atomic E-state index is 12.2. The summed E-state index contributed by atoms with van der Waals surface area (Å²) < 4.78 is 16.1. The summed E-state index contributed by atoms with van der Waals surface area (Å²) in [6.45, 7) is 0.0283. The Labute approximate surface area is 170 Å². The van der Waals surface area contributed by atoms with Crippen LogP contribution in [0.3, 0.4) is 0 Å². The van der Waals surface area contributed by atoms with Gasteiger partial charge in [-0.25, -0.2) is 9.78 Å². The van der Waals surface area contributed by atoms with Crippen molar-refractivity contribution in [2.24, 2.45) is 0 Å². The van der Waals surface area contributed by atoms with E-state index in [2.05, 4.69) is 4.98 Å². The van der Waals surface area contributed by atoms with Gasteiger partial charge in [0.05, 0.1) is 36.1 Å². The van der Waals surface area contributed by atoms with Gasteiger partial charge in [0.15, 0.2) is 11.5 Å². The van der Waals surface area contributed by atoms with Crippen molar-refractivity contribution in [3.05, 3.63) is 63.1 Å². The highest BCUT2D eigenvalue weighted by Gasteiger charge is 2.16. The summed E-state index contributed by atoms with van der Waals surface area (Å²) in [5.41, 5.74) is 1.68. The summed E-state index contributed by atoms with van der Waals surface area (Å²) in [6, 6.07) is 10.2. The second-order valence-electron chi connectivity index (χ2n) is 5.39. The first-order valence-electron chi connectivity index (χ1n) is 7.81. The van der Waals surface area contributed by atoms with E-state index in [1.165, 1.54) is 23.5 Å². The Morgan fingerprint density at radius 1 is 1.15 bits per heavy atom. The molecule has 0 radical (unpaired) electrons. The summed E-state index contributed by atoms with van der Waals surface area (Å²) in [5, 5.41) is 3.26. The van der Waals surface area contributed by atoms with Gasteiger partial charge < -0.3 is 14.2 Å². The molecule has 0 aliphatic carbocycles. The van der Waals surface area contributed by atoms with Crippen molar-refractivity contribution < 1.29 is 19.0 Å². The monoisotopic (exact) mass is 423 g/mol. The molecule has 0 saturated carbocycles. The van der Waals surface area contributed by atoms with E-state index in [1.54, 1.807) is 20.3 Å². The lowest BCUT2D eigenvalue weighted by Gasteiger charge is -2.10. The number of ether oxygens (including phenoxy) is 3. The number of esters is 1. The van der Waals surface area contributed by atoms with Crippen LogP contribution in [-0.4, -0.2) is 25.2 Å². The minimum atomic E-state index is -0.537. The molecule has 3 rings (SSSR count). The third-order valence-corrected chi connectivity index (χ3v) is 5.16. The van der Waals surface area contributed by atoms with Gasteiger partial charge in [0, 0.05) is 10.4 Å². The summed E-state index contributed by atoms with van der Waals surface area (Å²) in [7, 11) is 3.16. The van der Waals surface area contributed by atoms with E-state index in [0.717, 1.165) is 10.6 Å². The lowest BCUT2D eigenvalue weighted by atomic mass is 10.2. The topological polar surface area (TPSA) is 57.7 Å². The minimum absolute atomic E-state index is 0.0283. The number of halogens is 2. The highest BCUT2D eigenvalue weighted by molar-refractivity contribution is 7.13. The largest absolute Gasteiger partial charge is 0.493 e. The fourth-order valence-electron chi connectivity index (χ4n) is 2.42. The van der Waals surface area contributed by atoms with Gasteiger partial charge in [-0.3, -0.25) is 0 Å². The molecule has 0 spiro atoms. The van der Waals surface area contributed by atoms with E-state index in [9.17, 15) is 4.79 Å². The number of carbonyl (C=O) groups is 1. The van der Waals surface area contributed by atoms with Crippen LogP contribution in [-0.2, 0) is 11.3 Å². The molecule has 140 valence electrons. The quantitative estimate of drug-likeness (QED) is 0.490. The molecule has 1 heterocycles. The third kappa shape index (κ3) is 4.35. The second kappa shape index (κ2) is 8.61. The number of carbonyl (C=O) groups excluding carboxylic acids is 1. The predicted molar refractivity (Wildman–Crippen MR) is 106 cm³/mol. The first kappa shape index (κ1) is 19.5. The summed E-state index contributed by atoms with van der Waals surface area (Å²) >= 11 is 13.3. The van der Waals surface area contributed by atoms with E-state index in [4.69, 9.17) is 37.4 Å². The van der Waals surface area contributed by atoms with E-state index in [1.807, 2.05) is 23.6 Å². The van der Waals surface area contributed by atoms with Crippen LogP contribution in [0.15, 0.2) is 41.8 Å².